The van der Waals surface area contributed by atoms with Crippen molar-refractivity contribution in [3.05, 3.63) is 34.6 Å². The minimum Gasteiger partial charge on any atom is -0.340 e. The Balaban J connectivity index is 1.90. The Kier molecular flexibility index (Phi) is 4.55. The maximum atomic E-state index is 13.5. The molecule has 0 radical (unpaired) electrons. The molecule has 1 N–H and O–H groups in total. The van der Waals surface area contributed by atoms with Crippen LogP contribution in [0.25, 0.3) is 0 Å². The molecule has 0 saturated carbocycles. The third kappa shape index (κ3) is 3.43. The van der Waals surface area contributed by atoms with Crippen molar-refractivity contribution in [2.75, 3.05) is 26.2 Å². The molecule has 18 heavy (non-hydrogen) atoms. The van der Waals surface area contributed by atoms with Crippen LogP contribution in [0.1, 0.15) is 12.0 Å². The number of benzene rings is 1. The minimum absolute atomic E-state index is 0.0795. The van der Waals surface area contributed by atoms with Gasteiger partial charge in [-0.15, -0.1) is 0 Å². The molecule has 5 heteroatoms. The van der Waals surface area contributed by atoms with Crippen LogP contribution in [0.2, 0.25) is 5.02 Å². The van der Waals surface area contributed by atoms with E-state index in [0.29, 0.717) is 23.4 Å². The Labute approximate surface area is 111 Å². The molecule has 0 aliphatic carbocycles. The van der Waals surface area contributed by atoms with Gasteiger partial charge >= 0.3 is 0 Å². The average molecular weight is 271 g/mol. The number of carbonyl (C=O) groups is 1. The Morgan fingerprint density at radius 1 is 1.39 bits per heavy atom. The van der Waals surface area contributed by atoms with E-state index in [4.69, 9.17) is 11.6 Å². The summed E-state index contributed by atoms with van der Waals surface area (Å²) in [6.07, 6.45) is 0.729. The average Bonchev–Trinajstić information content (AvgIpc) is 2.40. The van der Waals surface area contributed by atoms with Crippen molar-refractivity contribution in [3.8, 4) is 0 Å². The zero-order valence-electron chi connectivity index (χ0n) is 10.1. The van der Waals surface area contributed by atoms with E-state index in [-0.39, 0.29) is 11.7 Å². The molecule has 1 aliphatic rings. The van der Waals surface area contributed by atoms with Crippen molar-refractivity contribution in [2.24, 2.45) is 0 Å². The molecule has 1 aromatic rings. The predicted octanol–water partition coefficient (Wildman–Crippen LogP) is 1.84. The first kappa shape index (κ1) is 13.3. The highest BCUT2D eigenvalue weighted by Gasteiger charge is 2.16. The lowest BCUT2D eigenvalue weighted by Crippen LogP contribution is -2.46. The summed E-state index contributed by atoms with van der Waals surface area (Å²) in [5.74, 6) is -0.219. The maximum absolute atomic E-state index is 13.5. The molecular weight excluding hydrogens is 255 g/mol. The van der Waals surface area contributed by atoms with Crippen molar-refractivity contribution >= 4 is 17.5 Å². The number of amides is 1. The number of hydrogen-bond acceptors (Lipinski definition) is 2. The van der Waals surface area contributed by atoms with Gasteiger partial charge in [0.25, 0.3) is 0 Å². The minimum atomic E-state index is -0.299. The first-order valence-electron chi connectivity index (χ1n) is 6.09. The standard InChI is InChI=1S/C13H16ClFN2O/c14-11-2-3-12(15)10(9-11)1-4-13(18)17-7-5-16-6-8-17/h2-3,9,16H,1,4-8H2. The Morgan fingerprint density at radius 2 is 2.11 bits per heavy atom. The van der Waals surface area contributed by atoms with Crippen LogP contribution in [-0.2, 0) is 11.2 Å². The van der Waals surface area contributed by atoms with Crippen LogP contribution >= 0.6 is 11.6 Å². The summed E-state index contributed by atoms with van der Waals surface area (Å²) in [7, 11) is 0. The van der Waals surface area contributed by atoms with E-state index < -0.39 is 0 Å². The van der Waals surface area contributed by atoms with Crippen LogP contribution in [0.5, 0.6) is 0 Å². The molecule has 1 fully saturated rings. The van der Waals surface area contributed by atoms with Gasteiger partial charge in [0.05, 0.1) is 0 Å². The zero-order chi connectivity index (χ0) is 13.0. The quantitative estimate of drug-likeness (QED) is 0.909. The molecule has 98 valence electrons. The lowest BCUT2D eigenvalue weighted by Gasteiger charge is -2.27. The van der Waals surface area contributed by atoms with Crippen molar-refractivity contribution in [2.45, 2.75) is 12.8 Å². The van der Waals surface area contributed by atoms with Crippen LogP contribution in [0.3, 0.4) is 0 Å². The monoisotopic (exact) mass is 270 g/mol. The van der Waals surface area contributed by atoms with Crippen LogP contribution in [0.15, 0.2) is 18.2 Å². The van der Waals surface area contributed by atoms with Gasteiger partial charge in [-0.1, -0.05) is 11.6 Å². The van der Waals surface area contributed by atoms with E-state index in [1.165, 1.54) is 12.1 Å². The van der Waals surface area contributed by atoms with Gasteiger partial charge in [0.2, 0.25) is 5.91 Å². The number of piperazine rings is 1. The van der Waals surface area contributed by atoms with E-state index in [2.05, 4.69) is 5.32 Å². The molecule has 0 atom stereocenters. The molecule has 1 heterocycles. The summed E-state index contributed by atoms with van der Waals surface area (Å²) in [5, 5.41) is 3.69. The van der Waals surface area contributed by atoms with Gasteiger partial charge in [0.1, 0.15) is 5.82 Å². The highest BCUT2D eigenvalue weighted by Crippen LogP contribution is 2.16. The van der Waals surface area contributed by atoms with Crippen LogP contribution in [0.4, 0.5) is 4.39 Å². The van der Waals surface area contributed by atoms with Crippen LogP contribution in [0, 0.1) is 5.82 Å². The van der Waals surface area contributed by atoms with Gasteiger partial charge in [-0.3, -0.25) is 4.79 Å². The smallest absolute Gasteiger partial charge is 0.222 e. The van der Waals surface area contributed by atoms with Gasteiger partial charge in [-0.05, 0) is 30.2 Å². The largest absolute Gasteiger partial charge is 0.340 e. The summed E-state index contributed by atoms with van der Waals surface area (Å²) in [5.41, 5.74) is 0.506. The first-order chi connectivity index (χ1) is 8.66. The van der Waals surface area contributed by atoms with Gasteiger partial charge in [-0.25, -0.2) is 4.39 Å². The number of halogens is 2. The fourth-order valence-corrected chi connectivity index (χ4v) is 2.24. The van der Waals surface area contributed by atoms with Crippen molar-refractivity contribution < 1.29 is 9.18 Å². The molecule has 1 saturated heterocycles. The first-order valence-corrected chi connectivity index (χ1v) is 6.47. The summed E-state index contributed by atoms with van der Waals surface area (Å²) in [6.45, 7) is 3.13. The molecule has 1 amide bonds. The highest BCUT2D eigenvalue weighted by molar-refractivity contribution is 6.30. The highest BCUT2D eigenvalue weighted by atomic mass is 35.5. The topological polar surface area (TPSA) is 32.3 Å². The van der Waals surface area contributed by atoms with Gasteiger partial charge in [0, 0.05) is 37.6 Å². The van der Waals surface area contributed by atoms with E-state index in [1.807, 2.05) is 4.90 Å². The number of nitrogens with zero attached hydrogens (tertiary/aromatic N) is 1. The summed E-state index contributed by atoms with van der Waals surface area (Å²) in [6, 6.07) is 4.44. The van der Waals surface area contributed by atoms with Gasteiger partial charge < -0.3 is 10.2 Å². The van der Waals surface area contributed by atoms with E-state index in [0.717, 1.165) is 26.2 Å². The summed E-state index contributed by atoms with van der Waals surface area (Å²) in [4.78, 5) is 13.7. The van der Waals surface area contributed by atoms with E-state index in [1.54, 1.807) is 6.07 Å². The molecule has 0 unspecified atom stereocenters. The summed E-state index contributed by atoms with van der Waals surface area (Å²) >= 11 is 5.81. The fraction of sp³-hybridized carbons (Fsp3) is 0.462. The van der Waals surface area contributed by atoms with Gasteiger partial charge in [-0.2, -0.15) is 0 Å². The second-order valence-corrected chi connectivity index (χ2v) is 4.80. The van der Waals surface area contributed by atoms with Crippen molar-refractivity contribution in [1.29, 1.82) is 0 Å². The number of carbonyl (C=O) groups excluding carboxylic acids is 1. The van der Waals surface area contributed by atoms with Crippen LogP contribution in [-0.4, -0.2) is 37.0 Å². The van der Waals surface area contributed by atoms with Crippen molar-refractivity contribution in [1.82, 2.24) is 10.2 Å². The molecule has 0 spiro atoms. The normalized spacial score (nSPS) is 15.8. The zero-order valence-corrected chi connectivity index (χ0v) is 10.8. The SMILES string of the molecule is O=C(CCc1cc(Cl)ccc1F)N1CCNCC1. The molecule has 0 bridgehead atoms. The summed E-state index contributed by atoms with van der Waals surface area (Å²) < 4.78 is 13.5. The molecular formula is C13H16ClFN2O. The Bertz CT molecular complexity index is 433. The Morgan fingerprint density at radius 3 is 2.83 bits per heavy atom. The fourth-order valence-electron chi connectivity index (χ4n) is 2.05. The number of hydrogen-bond donors (Lipinski definition) is 1. The molecule has 0 aromatic heterocycles. The van der Waals surface area contributed by atoms with Crippen LogP contribution < -0.4 is 5.32 Å². The molecule has 3 nitrogen and oxygen atoms in total. The molecule has 1 aliphatic heterocycles. The second-order valence-electron chi connectivity index (χ2n) is 4.37. The second kappa shape index (κ2) is 6.16. The predicted molar refractivity (Wildman–Crippen MR) is 69.2 cm³/mol. The molecule has 1 aromatic carbocycles. The number of aryl methyl sites for hydroxylation is 1. The Hall–Kier alpha value is -1.13. The third-order valence-electron chi connectivity index (χ3n) is 3.09. The maximum Gasteiger partial charge on any atom is 0.222 e. The van der Waals surface area contributed by atoms with E-state index >= 15 is 0 Å². The lowest BCUT2D eigenvalue weighted by atomic mass is 10.1. The lowest BCUT2D eigenvalue weighted by molar-refractivity contribution is -0.131. The van der Waals surface area contributed by atoms with E-state index in [9.17, 15) is 9.18 Å². The number of rotatable bonds is 3. The molecule has 2 rings (SSSR count). The number of nitrogens with one attached hydrogen (secondary N) is 1. The van der Waals surface area contributed by atoms with Gasteiger partial charge in [0.15, 0.2) is 0 Å². The third-order valence-corrected chi connectivity index (χ3v) is 3.32. The van der Waals surface area contributed by atoms with Crippen molar-refractivity contribution in [3.63, 3.8) is 0 Å².